The average Bonchev–Trinajstić information content (AvgIpc) is 2.11. The molecule has 5 heteroatoms. The van der Waals surface area contributed by atoms with Gasteiger partial charge < -0.3 is 10.5 Å². The van der Waals surface area contributed by atoms with E-state index in [0.717, 1.165) is 6.42 Å². The number of hydrogen-bond acceptors (Lipinski definition) is 4. The number of nitrogens with two attached hydrogens (primary N) is 1. The lowest BCUT2D eigenvalue weighted by atomic mass is 10.2. The second kappa shape index (κ2) is 4.34. The Morgan fingerprint density at radius 3 is 2.46 bits per heavy atom. The first-order valence-corrected chi connectivity index (χ1v) is 4.31. The number of amides is 2. The lowest BCUT2D eigenvalue weighted by Gasteiger charge is -2.26. The Morgan fingerprint density at radius 1 is 1.46 bits per heavy atom. The van der Waals surface area contributed by atoms with Crippen LogP contribution in [0.5, 0.6) is 0 Å². The highest BCUT2D eigenvalue weighted by Crippen LogP contribution is 2.02. The zero-order valence-corrected chi connectivity index (χ0v) is 7.66. The van der Waals surface area contributed by atoms with Gasteiger partial charge in [0.15, 0.2) is 0 Å². The molecule has 5 nitrogen and oxygen atoms in total. The van der Waals surface area contributed by atoms with Crippen molar-refractivity contribution in [3.8, 4) is 0 Å². The highest BCUT2D eigenvalue weighted by molar-refractivity contribution is 5.98. The number of ether oxygens (including phenoxy) is 1. The molecule has 0 aromatic carbocycles. The molecule has 0 bridgehead atoms. The van der Waals surface area contributed by atoms with Gasteiger partial charge in [0.25, 0.3) is 11.8 Å². The molecule has 0 aliphatic carbocycles. The van der Waals surface area contributed by atoms with Crippen molar-refractivity contribution in [3.05, 3.63) is 0 Å². The van der Waals surface area contributed by atoms with Crippen molar-refractivity contribution in [2.24, 2.45) is 5.73 Å². The zero-order chi connectivity index (χ0) is 9.84. The van der Waals surface area contributed by atoms with Crippen molar-refractivity contribution in [2.75, 3.05) is 19.8 Å². The third-order valence-electron chi connectivity index (χ3n) is 1.99. The van der Waals surface area contributed by atoms with Crippen LogP contribution in [0, 0.1) is 0 Å². The summed E-state index contributed by atoms with van der Waals surface area (Å²) >= 11 is 0. The predicted molar refractivity (Wildman–Crippen MR) is 45.8 cm³/mol. The Morgan fingerprint density at radius 2 is 2.00 bits per heavy atom. The minimum atomic E-state index is -0.292. The Labute approximate surface area is 76.8 Å². The van der Waals surface area contributed by atoms with E-state index in [1.54, 1.807) is 0 Å². The number of imide groups is 1. The van der Waals surface area contributed by atoms with Crippen molar-refractivity contribution in [1.29, 1.82) is 0 Å². The summed E-state index contributed by atoms with van der Waals surface area (Å²) in [5.41, 5.74) is 5.64. The van der Waals surface area contributed by atoms with Crippen LogP contribution in [-0.2, 0) is 14.3 Å². The Hall–Kier alpha value is -0.940. The summed E-state index contributed by atoms with van der Waals surface area (Å²) in [7, 11) is 0. The van der Waals surface area contributed by atoms with Crippen LogP contribution in [-0.4, -0.2) is 42.5 Å². The van der Waals surface area contributed by atoms with E-state index in [9.17, 15) is 9.59 Å². The normalized spacial score (nSPS) is 20.6. The number of rotatable bonds is 3. The van der Waals surface area contributed by atoms with Crippen LogP contribution >= 0.6 is 0 Å². The van der Waals surface area contributed by atoms with Gasteiger partial charge >= 0.3 is 0 Å². The molecule has 2 amide bonds. The molecule has 0 saturated carbocycles. The third kappa shape index (κ3) is 2.50. The Balaban J connectivity index is 2.54. The van der Waals surface area contributed by atoms with Crippen molar-refractivity contribution in [1.82, 2.24) is 4.90 Å². The Bertz CT molecular complexity index is 201. The van der Waals surface area contributed by atoms with Gasteiger partial charge in [-0.2, -0.15) is 0 Å². The van der Waals surface area contributed by atoms with E-state index in [0.29, 0.717) is 6.54 Å². The number of morpholine rings is 1. The van der Waals surface area contributed by atoms with Gasteiger partial charge in [0, 0.05) is 12.6 Å². The van der Waals surface area contributed by atoms with Crippen molar-refractivity contribution in [3.63, 3.8) is 0 Å². The minimum absolute atomic E-state index is 0.0117. The second-order valence-electron chi connectivity index (χ2n) is 3.06. The van der Waals surface area contributed by atoms with E-state index in [4.69, 9.17) is 10.5 Å². The third-order valence-corrected chi connectivity index (χ3v) is 1.99. The van der Waals surface area contributed by atoms with Crippen molar-refractivity contribution in [2.45, 2.75) is 19.4 Å². The van der Waals surface area contributed by atoms with Crippen molar-refractivity contribution < 1.29 is 14.3 Å². The number of nitrogens with zero attached hydrogens (tertiary/aromatic N) is 1. The van der Waals surface area contributed by atoms with E-state index >= 15 is 0 Å². The van der Waals surface area contributed by atoms with Crippen LogP contribution in [0.1, 0.15) is 13.3 Å². The fourth-order valence-corrected chi connectivity index (χ4v) is 1.09. The largest absolute Gasteiger partial charge is 0.362 e. The monoisotopic (exact) mass is 186 g/mol. The predicted octanol–water partition coefficient (Wildman–Crippen LogP) is -0.891. The molecular formula is C8H14N2O3. The number of hydrogen-bond donors (Lipinski definition) is 1. The van der Waals surface area contributed by atoms with Gasteiger partial charge in [-0.05, 0) is 6.42 Å². The van der Waals surface area contributed by atoms with E-state index < -0.39 is 0 Å². The summed E-state index contributed by atoms with van der Waals surface area (Å²) < 4.78 is 4.76. The number of carbonyl (C=O) groups is 2. The molecule has 13 heavy (non-hydrogen) atoms. The molecule has 0 spiro atoms. The van der Waals surface area contributed by atoms with Gasteiger partial charge in [-0.15, -0.1) is 0 Å². The summed E-state index contributed by atoms with van der Waals surface area (Å²) in [4.78, 5) is 23.5. The maximum absolute atomic E-state index is 11.2. The first kappa shape index (κ1) is 10.1. The average molecular weight is 186 g/mol. The van der Waals surface area contributed by atoms with Crippen LogP contribution in [0.2, 0.25) is 0 Å². The quantitative estimate of drug-likeness (QED) is 0.580. The zero-order valence-electron chi connectivity index (χ0n) is 7.66. The first-order valence-electron chi connectivity index (χ1n) is 4.31. The SMILES string of the molecule is CCC(N)CN1C(=O)COCC1=O. The molecule has 1 unspecified atom stereocenters. The van der Waals surface area contributed by atoms with Gasteiger partial charge in [-0.3, -0.25) is 14.5 Å². The Kier molecular flexibility index (Phi) is 3.39. The molecule has 0 aromatic rings. The van der Waals surface area contributed by atoms with E-state index in [2.05, 4.69) is 0 Å². The molecule has 0 aromatic heterocycles. The molecule has 1 aliphatic rings. The lowest BCUT2D eigenvalue weighted by Crippen LogP contribution is -2.50. The maximum atomic E-state index is 11.2. The van der Waals surface area contributed by atoms with E-state index in [1.165, 1.54) is 4.90 Å². The molecule has 1 heterocycles. The fourth-order valence-electron chi connectivity index (χ4n) is 1.09. The fraction of sp³-hybridized carbons (Fsp3) is 0.750. The molecular weight excluding hydrogens is 172 g/mol. The van der Waals surface area contributed by atoms with Crippen LogP contribution in [0.15, 0.2) is 0 Å². The maximum Gasteiger partial charge on any atom is 0.255 e. The van der Waals surface area contributed by atoms with E-state index in [-0.39, 0.29) is 31.1 Å². The summed E-state index contributed by atoms with van der Waals surface area (Å²) in [6.45, 7) is 2.20. The van der Waals surface area contributed by atoms with Crippen molar-refractivity contribution >= 4 is 11.8 Å². The number of carbonyl (C=O) groups excluding carboxylic acids is 2. The van der Waals surface area contributed by atoms with Crippen LogP contribution in [0.4, 0.5) is 0 Å². The highest BCUT2D eigenvalue weighted by atomic mass is 16.5. The molecule has 2 N–H and O–H groups in total. The smallest absolute Gasteiger partial charge is 0.255 e. The molecule has 1 aliphatic heterocycles. The van der Waals surface area contributed by atoms with Gasteiger partial charge in [0.2, 0.25) is 0 Å². The van der Waals surface area contributed by atoms with Crippen LogP contribution in [0.25, 0.3) is 0 Å². The summed E-state index contributed by atoms with van der Waals surface area (Å²) in [5.74, 6) is -0.583. The topological polar surface area (TPSA) is 72.6 Å². The van der Waals surface area contributed by atoms with E-state index in [1.807, 2.05) is 6.92 Å². The molecule has 74 valence electrons. The van der Waals surface area contributed by atoms with Gasteiger partial charge in [-0.25, -0.2) is 0 Å². The molecule has 1 atom stereocenters. The van der Waals surface area contributed by atoms with Gasteiger partial charge in [0.05, 0.1) is 0 Å². The molecule has 1 fully saturated rings. The molecule has 0 radical (unpaired) electrons. The summed E-state index contributed by atoms with van der Waals surface area (Å²) in [6.07, 6.45) is 0.748. The van der Waals surface area contributed by atoms with Crippen LogP contribution in [0.3, 0.4) is 0 Å². The minimum Gasteiger partial charge on any atom is -0.362 e. The standard InChI is InChI=1S/C8H14N2O3/c1-2-6(9)3-10-7(11)4-13-5-8(10)12/h6H,2-5,9H2,1H3. The van der Waals surface area contributed by atoms with Gasteiger partial charge in [-0.1, -0.05) is 6.92 Å². The van der Waals surface area contributed by atoms with Crippen LogP contribution < -0.4 is 5.73 Å². The molecule has 1 rings (SSSR count). The lowest BCUT2D eigenvalue weighted by molar-refractivity contribution is -0.158. The molecule has 1 saturated heterocycles. The highest BCUT2D eigenvalue weighted by Gasteiger charge is 2.27. The first-order chi connectivity index (χ1) is 6.15. The summed E-state index contributed by atoms with van der Waals surface area (Å²) in [5, 5.41) is 0. The van der Waals surface area contributed by atoms with Gasteiger partial charge in [0.1, 0.15) is 13.2 Å². The second-order valence-corrected chi connectivity index (χ2v) is 3.06. The summed E-state index contributed by atoms with van der Waals surface area (Å²) in [6, 6.07) is -0.133.